The highest BCUT2D eigenvalue weighted by atomic mass is 35.5. The Hall–Kier alpha value is -2.31. The van der Waals surface area contributed by atoms with Gasteiger partial charge in [-0.15, -0.1) is 0 Å². The van der Waals surface area contributed by atoms with Crippen LogP contribution in [0.3, 0.4) is 0 Å². The number of H-pyrrole nitrogens is 1. The quantitative estimate of drug-likeness (QED) is 0.547. The number of aromatic amines is 1. The molecule has 0 bridgehead atoms. The topological polar surface area (TPSA) is 52.9 Å². The number of imidazole rings is 1. The predicted octanol–water partition coefficient (Wildman–Crippen LogP) is 4.77. The molecule has 0 saturated heterocycles. The van der Waals surface area contributed by atoms with Crippen LogP contribution >= 0.6 is 23.4 Å². The van der Waals surface area contributed by atoms with Crippen molar-refractivity contribution in [2.45, 2.75) is 41.2 Å². The van der Waals surface area contributed by atoms with Gasteiger partial charge in [0.25, 0.3) is 5.82 Å². The summed E-state index contributed by atoms with van der Waals surface area (Å²) < 4.78 is 2.27. The maximum atomic E-state index is 12.2. The standard InChI is InChI=1S/C24H25ClN4OS/c1-28(2)23(30)19-12-18(19)14-4-6-15(7-5-14)21-24(29(3)22(27-21)16-8-9-16)31-20-11-10-17(25)13-26-20/h4-7,10-11,13,16,18-19H,8-9,12H2,1-3H3/p+1. The van der Waals surface area contributed by atoms with E-state index in [9.17, 15) is 4.79 Å². The van der Waals surface area contributed by atoms with Gasteiger partial charge in [0.1, 0.15) is 5.03 Å². The van der Waals surface area contributed by atoms with Crippen LogP contribution in [0.1, 0.15) is 42.5 Å². The lowest BCUT2D eigenvalue weighted by atomic mass is 10.0. The van der Waals surface area contributed by atoms with E-state index in [2.05, 4.69) is 45.8 Å². The first kappa shape index (κ1) is 20.6. The molecule has 0 aliphatic heterocycles. The molecule has 1 aromatic carbocycles. The molecule has 2 aliphatic carbocycles. The Kier molecular flexibility index (Phi) is 5.30. The lowest BCUT2D eigenvalue weighted by Crippen LogP contribution is -2.33. The van der Waals surface area contributed by atoms with E-state index in [1.54, 1.807) is 22.9 Å². The monoisotopic (exact) mass is 453 g/mol. The van der Waals surface area contributed by atoms with Crippen LogP contribution in [0.25, 0.3) is 11.3 Å². The van der Waals surface area contributed by atoms with Gasteiger partial charge in [-0.1, -0.05) is 35.9 Å². The number of carbonyl (C=O) groups is 1. The van der Waals surface area contributed by atoms with Crippen molar-refractivity contribution < 1.29 is 9.36 Å². The third kappa shape index (κ3) is 4.11. The summed E-state index contributed by atoms with van der Waals surface area (Å²) in [5, 5.41) is 2.71. The van der Waals surface area contributed by atoms with Gasteiger partial charge in [-0.3, -0.25) is 4.79 Å². The Morgan fingerprint density at radius 3 is 2.55 bits per heavy atom. The minimum Gasteiger partial charge on any atom is -0.349 e. The van der Waals surface area contributed by atoms with Gasteiger partial charge < -0.3 is 4.90 Å². The number of hydrogen-bond acceptors (Lipinski definition) is 3. The highest BCUT2D eigenvalue weighted by Gasteiger charge is 2.44. The molecule has 5 rings (SSSR count). The summed E-state index contributed by atoms with van der Waals surface area (Å²) in [5.41, 5.74) is 3.52. The highest BCUT2D eigenvalue weighted by Crippen LogP contribution is 2.48. The molecule has 2 aliphatic rings. The van der Waals surface area contributed by atoms with Crippen molar-refractivity contribution in [3.8, 4) is 11.3 Å². The molecule has 0 spiro atoms. The van der Waals surface area contributed by atoms with E-state index in [1.807, 2.05) is 26.2 Å². The summed E-state index contributed by atoms with van der Waals surface area (Å²) in [5.74, 6) is 2.59. The summed E-state index contributed by atoms with van der Waals surface area (Å²) in [6.07, 6.45) is 5.11. The van der Waals surface area contributed by atoms with Gasteiger partial charge in [-0.2, -0.15) is 0 Å². The van der Waals surface area contributed by atoms with Crippen molar-refractivity contribution in [3.63, 3.8) is 0 Å². The van der Waals surface area contributed by atoms with Gasteiger partial charge in [-0.25, -0.2) is 14.5 Å². The molecule has 0 radical (unpaired) electrons. The molecular formula is C24H26ClN4OS+. The first-order chi connectivity index (χ1) is 14.9. The number of halogens is 1. The molecule has 7 heteroatoms. The normalized spacial score (nSPS) is 20.0. The third-order valence-electron chi connectivity index (χ3n) is 6.17. The van der Waals surface area contributed by atoms with Crippen molar-refractivity contribution in [3.05, 3.63) is 59.0 Å². The molecule has 5 nitrogen and oxygen atoms in total. The number of rotatable bonds is 6. The predicted molar refractivity (Wildman–Crippen MR) is 122 cm³/mol. The highest BCUT2D eigenvalue weighted by molar-refractivity contribution is 7.99. The molecule has 1 N–H and O–H groups in total. The van der Waals surface area contributed by atoms with Crippen molar-refractivity contribution in [1.29, 1.82) is 0 Å². The fraction of sp³-hybridized carbons (Fsp3) is 0.375. The zero-order chi connectivity index (χ0) is 21.7. The number of pyridine rings is 1. The van der Waals surface area contributed by atoms with E-state index in [1.165, 1.54) is 24.2 Å². The van der Waals surface area contributed by atoms with E-state index >= 15 is 0 Å². The lowest BCUT2D eigenvalue weighted by molar-refractivity contribution is -0.713. The minimum absolute atomic E-state index is 0.132. The maximum Gasteiger partial charge on any atom is 0.258 e. The third-order valence-corrected chi connectivity index (χ3v) is 7.52. The summed E-state index contributed by atoms with van der Waals surface area (Å²) >= 11 is 7.67. The number of nitrogens with zero attached hydrogens (tertiary/aromatic N) is 3. The number of nitrogens with one attached hydrogen (secondary N) is 1. The number of aromatic nitrogens is 3. The zero-order valence-corrected chi connectivity index (χ0v) is 19.5. The van der Waals surface area contributed by atoms with E-state index in [0.29, 0.717) is 16.9 Å². The molecule has 160 valence electrons. The van der Waals surface area contributed by atoms with Crippen molar-refractivity contribution in [2.75, 3.05) is 14.1 Å². The average molecular weight is 454 g/mol. The van der Waals surface area contributed by atoms with Crippen LogP contribution in [-0.2, 0) is 11.8 Å². The van der Waals surface area contributed by atoms with E-state index < -0.39 is 0 Å². The number of carbonyl (C=O) groups excluding carboxylic acids is 1. The van der Waals surface area contributed by atoms with Crippen molar-refractivity contribution >= 4 is 29.3 Å². The van der Waals surface area contributed by atoms with Crippen LogP contribution in [0.15, 0.2) is 52.6 Å². The van der Waals surface area contributed by atoms with Gasteiger partial charge in [0.15, 0.2) is 5.69 Å². The van der Waals surface area contributed by atoms with Gasteiger partial charge in [-0.05, 0) is 54.6 Å². The van der Waals surface area contributed by atoms with Crippen LogP contribution in [0, 0.1) is 5.92 Å². The Bertz CT molecular complexity index is 1120. The molecule has 2 aromatic heterocycles. The second-order valence-corrected chi connectivity index (χ2v) is 10.2. The number of amides is 1. The molecule has 3 aromatic rings. The first-order valence-corrected chi connectivity index (χ1v) is 11.8. The number of hydrogen-bond donors (Lipinski definition) is 1. The van der Waals surface area contributed by atoms with Crippen LogP contribution in [0.2, 0.25) is 5.02 Å². The summed E-state index contributed by atoms with van der Waals surface area (Å²) in [4.78, 5) is 22.1. The van der Waals surface area contributed by atoms with Crippen molar-refractivity contribution in [1.82, 2.24) is 14.9 Å². The molecule has 2 unspecified atom stereocenters. The van der Waals surface area contributed by atoms with Gasteiger partial charge >= 0.3 is 0 Å². The Labute approximate surface area is 191 Å². The van der Waals surface area contributed by atoms with Crippen molar-refractivity contribution in [2.24, 2.45) is 13.0 Å². The Morgan fingerprint density at radius 1 is 1.19 bits per heavy atom. The van der Waals surface area contributed by atoms with E-state index in [-0.39, 0.29) is 11.8 Å². The van der Waals surface area contributed by atoms with E-state index in [0.717, 1.165) is 27.7 Å². The summed E-state index contributed by atoms with van der Waals surface area (Å²) in [6.45, 7) is 0. The smallest absolute Gasteiger partial charge is 0.258 e. The van der Waals surface area contributed by atoms with Gasteiger partial charge in [0, 0.05) is 31.8 Å². The number of benzene rings is 1. The largest absolute Gasteiger partial charge is 0.349 e. The van der Waals surface area contributed by atoms with Crippen LogP contribution < -0.4 is 4.57 Å². The van der Waals surface area contributed by atoms with Crippen LogP contribution in [0.4, 0.5) is 0 Å². The van der Waals surface area contributed by atoms with Crippen LogP contribution in [0.5, 0.6) is 0 Å². The van der Waals surface area contributed by atoms with Gasteiger partial charge in [0.05, 0.1) is 18.0 Å². The van der Waals surface area contributed by atoms with Crippen LogP contribution in [-0.4, -0.2) is 34.9 Å². The molecule has 1 amide bonds. The SMILES string of the molecule is CN(C)C(=O)C1CC1c1ccc(-c2[nH]c(C3CC3)[n+](C)c2Sc2ccc(Cl)cn2)cc1. The minimum atomic E-state index is 0.132. The molecule has 31 heavy (non-hydrogen) atoms. The fourth-order valence-corrected chi connectivity index (χ4v) is 5.23. The molecular weight excluding hydrogens is 428 g/mol. The lowest BCUT2D eigenvalue weighted by Gasteiger charge is -2.09. The first-order valence-electron chi connectivity index (χ1n) is 10.6. The second kappa shape index (κ2) is 7.99. The molecule has 2 saturated carbocycles. The fourth-order valence-electron chi connectivity index (χ4n) is 4.18. The van der Waals surface area contributed by atoms with Gasteiger partial charge in [0.2, 0.25) is 10.9 Å². The Balaban J connectivity index is 1.43. The zero-order valence-electron chi connectivity index (χ0n) is 17.9. The molecule has 2 atom stereocenters. The maximum absolute atomic E-state index is 12.2. The summed E-state index contributed by atoms with van der Waals surface area (Å²) in [7, 11) is 5.79. The van der Waals surface area contributed by atoms with E-state index in [4.69, 9.17) is 11.6 Å². The second-order valence-electron chi connectivity index (χ2n) is 8.74. The summed E-state index contributed by atoms with van der Waals surface area (Å²) in [6, 6.07) is 12.5. The Morgan fingerprint density at radius 2 is 1.94 bits per heavy atom. The molecule has 2 fully saturated rings. The average Bonchev–Trinajstić information content (AvgIpc) is 3.68. The molecule has 2 heterocycles.